The molecule has 0 atom stereocenters. The standard InChI is InChI=1S/C18H29NO2/c1-17(2,3)15-5-7-16(8-6-15)21-14-13-19-11-9-18(4,20)10-12-19/h5-8,20H,9-14H2,1-4H3. The van der Waals surface area contributed by atoms with Crippen LogP contribution in [-0.2, 0) is 5.41 Å². The van der Waals surface area contributed by atoms with Crippen LogP contribution < -0.4 is 4.74 Å². The largest absolute Gasteiger partial charge is 0.492 e. The van der Waals surface area contributed by atoms with Gasteiger partial charge in [-0.25, -0.2) is 0 Å². The van der Waals surface area contributed by atoms with Gasteiger partial charge in [-0.1, -0.05) is 32.9 Å². The summed E-state index contributed by atoms with van der Waals surface area (Å²) in [6.45, 7) is 12.1. The predicted molar refractivity (Wildman–Crippen MR) is 86.9 cm³/mol. The number of nitrogens with zero attached hydrogens (tertiary/aromatic N) is 1. The lowest BCUT2D eigenvalue weighted by atomic mass is 9.87. The van der Waals surface area contributed by atoms with E-state index in [1.807, 2.05) is 6.92 Å². The summed E-state index contributed by atoms with van der Waals surface area (Å²) in [5, 5.41) is 9.93. The first-order valence-electron chi connectivity index (χ1n) is 7.94. The van der Waals surface area contributed by atoms with Gasteiger partial charge in [0.25, 0.3) is 0 Å². The first kappa shape index (κ1) is 16.3. The van der Waals surface area contributed by atoms with Crippen molar-refractivity contribution in [2.45, 2.75) is 51.6 Å². The van der Waals surface area contributed by atoms with E-state index in [0.717, 1.165) is 38.2 Å². The fourth-order valence-corrected chi connectivity index (χ4v) is 2.60. The van der Waals surface area contributed by atoms with Crippen molar-refractivity contribution >= 4 is 0 Å². The molecule has 1 saturated heterocycles. The molecule has 1 aromatic rings. The predicted octanol–water partition coefficient (Wildman–Crippen LogP) is 3.21. The van der Waals surface area contributed by atoms with E-state index in [9.17, 15) is 5.11 Å². The third-order valence-corrected chi connectivity index (χ3v) is 4.33. The SMILES string of the molecule is CC1(O)CCN(CCOc2ccc(C(C)(C)C)cc2)CC1. The van der Waals surface area contributed by atoms with Gasteiger partial charge in [-0.3, -0.25) is 4.90 Å². The van der Waals surface area contributed by atoms with Crippen LogP contribution in [0.25, 0.3) is 0 Å². The highest BCUT2D eigenvalue weighted by molar-refractivity contribution is 5.31. The molecule has 0 amide bonds. The number of hydrogen-bond acceptors (Lipinski definition) is 3. The van der Waals surface area contributed by atoms with E-state index < -0.39 is 5.60 Å². The summed E-state index contributed by atoms with van der Waals surface area (Å²) in [6.07, 6.45) is 1.71. The molecule has 0 aliphatic carbocycles. The van der Waals surface area contributed by atoms with Crippen molar-refractivity contribution in [1.29, 1.82) is 0 Å². The fraction of sp³-hybridized carbons (Fsp3) is 0.667. The summed E-state index contributed by atoms with van der Waals surface area (Å²) >= 11 is 0. The molecular weight excluding hydrogens is 262 g/mol. The van der Waals surface area contributed by atoms with E-state index in [1.165, 1.54) is 5.56 Å². The summed E-state index contributed by atoms with van der Waals surface area (Å²) in [4.78, 5) is 2.36. The summed E-state index contributed by atoms with van der Waals surface area (Å²) < 4.78 is 5.82. The lowest BCUT2D eigenvalue weighted by molar-refractivity contribution is -0.00768. The summed E-state index contributed by atoms with van der Waals surface area (Å²) in [6, 6.07) is 8.41. The lowest BCUT2D eigenvalue weighted by Crippen LogP contribution is -2.43. The number of likely N-dealkylation sites (tertiary alicyclic amines) is 1. The second-order valence-corrected chi connectivity index (χ2v) is 7.46. The van der Waals surface area contributed by atoms with Crippen LogP contribution in [0.2, 0.25) is 0 Å². The van der Waals surface area contributed by atoms with Crippen molar-refractivity contribution < 1.29 is 9.84 Å². The van der Waals surface area contributed by atoms with E-state index in [-0.39, 0.29) is 5.41 Å². The molecule has 21 heavy (non-hydrogen) atoms. The summed E-state index contributed by atoms with van der Waals surface area (Å²) in [5.74, 6) is 0.937. The van der Waals surface area contributed by atoms with Gasteiger partial charge in [-0.05, 0) is 42.9 Å². The number of ether oxygens (including phenoxy) is 1. The van der Waals surface area contributed by atoms with Crippen LogP contribution in [0.5, 0.6) is 5.75 Å². The molecule has 0 bridgehead atoms. The van der Waals surface area contributed by atoms with E-state index >= 15 is 0 Å². The Morgan fingerprint density at radius 3 is 2.24 bits per heavy atom. The second kappa shape index (κ2) is 6.37. The molecule has 3 heteroatoms. The van der Waals surface area contributed by atoms with Gasteiger partial charge in [0.15, 0.2) is 0 Å². The maximum atomic E-state index is 9.93. The van der Waals surface area contributed by atoms with Crippen molar-refractivity contribution in [2.75, 3.05) is 26.2 Å². The van der Waals surface area contributed by atoms with Crippen molar-refractivity contribution in [2.24, 2.45) is 0 Å². The molecule has 118 valence electrons. The zero-order valence-electron chi connectivity index (χ0n) is 13.9. The molecule has 1 aliphatic rings. The molecule has 1 heterocycles. The Bertz CT molecular complexity index is 435. The van der Waals surface area contributed by atoms with Gasteiger partial charge in [0.2, 0.25) is 0 Å². The third kappa shape index (κ3) is 5.01. The van der Waals surface area contributed by atoms with Gasteiger partial charge < -0.3 is 9.84 Å². The number of piperidine rings is 1. The normalized spacial score (nSPS) is 19.5. The quantitative estimate of drug-likeness (QED) is 0.924. The Kier molecular flexibility index (Phi) is 4.95. The molecule has 1 aromatic carbocycles. The molecule has 0 saturated carbocycles. The van der Waals surface area contributed by atoms with Gasteiger partial charge in [-0.2, -0.15) is 0 Å². The first-order chi connectivity index (χ1) is 9.76. The zero-order chi connectivity index (χ0) is 15.5. The van der Waals surface area contributed by atoms with E-state index in [1.54, 1.807) is 0 Å². The summed E-state index contributed by atoms with van der Waals surface area (Å²) in [5.41, 5.74) is 1.04. The second-order valence-electron chi connectivity index (χ2n) is 7.46. The average molecular weight is 291 g/mol. The van der Waals surface area contributed by atoms with Crippen LogP contribution in [0.3, 0.4) is 0 Å². The molecule has 0 radical (unpaired) electrons. The van der Waals surface area contributed by atoms with E-state index in [0.29, 0.717) is 6.61 Å². The molecular formula is C18H29NO2. The van der Waals surface area contributed by atoms with Gasteiger partial charge >= 0.3 is 0 Å². The summed E-state index contributed by atoms with van der Waals surface area (Å²) in [7, 11) is 0. The lowest BCUT2D eigenvalue weighted by Gasteiger charge is -2.35. The van der Waals surface area contributed by atoms with Gasteiger partial charge in [-0.15, -0.1) is 0 Å². The highest BCUT2D eigenvalue weighted by Gasteiger charge is 2.26. The Hall–Kier alpha value is -1.06. The van der Waals surface area contributed by atoms with Gasteiger partial charge in [0.1, 0.15) is 12.4 Å². The minimum Gasteiger partial charge on any atom is -0.492 e. The van der Waals surface area contributed by atoms with Crippen LogP contribution in [0, 0.1) is 0 Å². The van der Waals surface area contributed by atoms with Crippen LogP contribution in [0.1, 0.15) is 46.1 Å². The molecule has 0 unspecified atom stereocenters. The third-order valence-electron chi connectivity index (χ3n) is 4.33. The highest BCUT2D eigenvalue weighted by Crippen LogP contribution is 2.24. The zero-order valence-corrected chi connectivity index (χ0v) is 13.9. The van der Waals surface area contributed by atoms with Gasteiger partial charge in [0.05, 0.1) is 5.60 Å². The smallest absolute Gasteiger partial charge is 0.119 e. The number of hydrogen-bond donors (Lipinski definition) is 1. The molecule has 1 aliphatic heterocycles. The van der Waals surface area contributed by atoms with Crippen molar-refractivity contribution in [3.8, 4) is 5.75 Å². The van der Waals surface area contributed by atoms with E-state index in [4.69, 9.17) is 4.74 Å². The fourth-order valence-electron chi connectivity index (χ4n) is 2.60. The molecule has 1 N–H and O–H groups in total. The molecule has 2 rings (SSSR count). The Morgan fingerprint density at radius 2 is 1.71 bits per heavy atom. The van der Waals surface area contributed by atoms with Crippen molar-refractivity contribution in [3.05, 3.63) is 29.8 Å². The first-order valence-corrected chi connectivity index (χ1v) is 7.94. The average Bonchev–Trinajstić information content (AvgIpc) is 2.40. The minimum atomic E-state index is -0.472. The minimum absolute atomic E-state index is 0.184. The molecule has 0 aromatic heterocycles. The van der Waals surface area contributed by atoms with Crippen LogP contribution in [-0.4, -0.2) is 41.8 Å². The molecule has 3 nitrogen and oxygen atoms in total. The Balaban J connectivity index is 1.74. The van der Waals surface area contributed by atoms with Crippen LogP contribution in [0.4, 0.5) is 0 Å². The van der Waals surface area contributed by atoms with Crippen molar-refractivity contribution in [3.63, 3.8) is 0 Å². The highest BCUT2D eigenvalue weighted by atomic mass is 16.5. The van der Waals surface area contributed by atoms with Crippen LogP contribution in [0.15, 0.2) is 24.3 Å². The number of benzene rings is 1. The van der Waals surface area contributed by atoms with E-state index in [2.05, 4.69) is 49.9 Å². The monoisotopic (exact) mass is 291 g/mol. The maximum Gasteiger partial charge on any atom is 0.119 e. The Labute approximate surface area is 128 Å². The van der Waals surface area contributed by atoms with Crippen LogP contribution >= 0.6 is 0 Å². The Morgan fingerprint density at radius 1 is 1.14 bits per heavy atom. The number of rotatable bonds is 4. The topological polar surface area (TPSA) is 32.7 Å². The van der Waals surface area contributed by atoms with Crippen molar-refractivity contribution in [1.82, 2.24) is 4.90 Å². The maximum absolute atomic E-state index is 9.93. The molecule has 0 spiro atoms. The molecule has 1 fully saturated rings. The van der Waals surface area contributed by atoms with Gasteiger partial charge in [0, 0.05) is 19.6 Å². The number of aliphatic hydroxyl groups is 1.